The van der Waals surface area contributed by atoms with Crippen LogP contribution >= 0.6 is 11.8 Å². The molecule has 0 aromatic heterocycles. The quantitative estimate of drug-likeness (QED) is 0.691. The molecule has 1 saturated carbocycles. The van der Waals surface area contributed by atoms with Crippen LogP contribution in [0.5, 0.6) is 0 Å². The fourth-order valence-corrected chi connectivity index (χ4v) is 2.25. The summed E-state index contributed by atoms with van der Waals surface area (Å²) in [6.45, 7) is 3.65. The number of nitrogens with one attached hydrogen (secondary N) is 1. The second-order valence-corrected chi connectivity index (χ2v) is 5.03. The molecule has 2 rings (SSSR count). The third-order valence-corrected chi connectivity index (χ3v) is 4.07. The molecule has 2 heteroatoms. The Hall–Kier alpha value is 0.310. The second kappa shape index (κ2) is 3.36. The van der Waals surface area contributed by atoms with Gasteiger partial charge in [-0.25, -0.2) is 0 Å². The Kier molecular flexibility index (Phi) is 2.42. The van der Waals surface area contributed by atoms with Gasteiger partial charge in [-0.05, 0) is 31.2 Å². The third kappa shape index (κ3) is 2.12. The number of thioether (sulfide) groups is 1. The predicted octanol–water partition coefficient (Wildman–Crippen LogP) is 1.74. The molecule has 0 radical (unpaired) electrons. The van der Waals surface area contributed by atoms with Crippen LogP contribution in [0.1, 0.15) is 19.8 Å². The average molecular weight is 171 g/mol. The van der Waals surface area contributed by atoms with Crippen molar-refractivity contribution in [3.8, 4) is 0 Å². The minimum atomic E-state index is 0.848. The summed E-state index contributed by atoms with van der Waals surface area (Å²) < 4.78 is 0. The zero-order valence-corrected chi connectivity index (χ0v) is 7.99. The summed E-state index contributed by atoms with van der Waals surface area (Å²) >= 11 is 2.06. The van der Waals surface area contributed by atoms with E-state index in [1.165, 1.54) is 30.9 Å². The zero-order valence-electron chi connectivity index (χ0n) is 7.18. The highest BCUT2D eigenvalue weighted by molar-refractivity contribution is 8.00. The maximum absolute atomic E-state index is 3.62. The summed E-state index contributed by atoms with van der Waals surface area (Å²) in [5, 5.41) is 3.62. The first-order valence-electron chi connectivity index (χ1n) is 4.67. The highest BCUT2D eigenvalue weighted by Crippen LogP contribution is 2.36. The Morgan fingerprint density at radius 2 is 2.18 bits per heavy atom. The Bertz CT molecular complexity index is 130. The first-order chi connectivity index (χ1) is 5.36. The van der Waals surface area contributed by atoms with Crippen molar-refractivity contribution in [2.45, 2.75) is 25.8 Å². The molecule has 1 saturated heterocycles. The number of hydrogen-bond donors (Lipinski definition) is 1. The van der Waals surface area contributed by atoms with Gasteiger partial charge in [-0.15, -0.1) is 0 Å². The standard InChI is InChI=1S/C9H17NS/c1-7(8-2-3-8)4-10-9-5-11-6-9/h7-10H,2-6H2,1H3. The average Bonchev–Trinajstić information content (AvgIpc) is 2.64. The first kappa shape index (κ1) is 7.93. The van der Waals surface area contributed by atoms with E-state index < -0.39 is 0 Å². The lowest BCUT2D eigenvalue weighted by atomic mass is 10.1. The topological polar surface area (TPSA) is 12.0 Å². The molecule has 1 N–H and O–H groups in total. The number of hydrogen-bond acceptors (Lipinski definition) is 2. The molecule has 0 bridgehead atoms. The highest BCUT2D eigenvalue weighted by Gasteiger charge is 2.28. The van der Waals surface area contributed by atoms with Crippen molar-refractivity contribution in [2.24, 2.45) is 11.8 Å². The van der Waals surface area contributed by atoms with Crippen LogP contribution in [0.25, 0.3) is 0 Å². The van der Waals surface area contributed by atoms with Crippen LogP contribution in [0.3, 0.4) is 0 Å². The molecular formula is C9H17NS. The Morgan fingerprint density at radius 3 is 2.64 bits per heavy atom. The fraction of sp³-hybridized carbons (Fsp3) is 1.00. The molecular weight excluding hydrogens is 154 g/mol. The molecule has 64 valence electrons. The summed E-state index contributed by atoms with van der Waals surface area (Å²) in [6.07, 6.45) is 2.98. The fourth-order valence-electron chi connectivity index (χ4n) is 1.54. The van der Waals surface area contributed by atoms with Gasteiger partial charge in [0, 0.05) is 17.5 Å². The Morgan fingerprint density at radius 1 is 1.45 bits per heavy atom. The van der Waals surface area contributed by atoms with Gasteiger partial charge in [0.1, 0.15) is 0 Å². The molecule has 1 aliphatic heterocycles. The van der Waals surface area contributed by atoms with Crippen molar-refractivity contribution in [3.63, 3.8) is 0 Å². The molecule has 2 aliphatic rings. The molecule has 11 heavy (non-hydrogen) atoms. The van der Waals surface area contributed by atoms with E-state index in [0.29, 0.717) is 0 Å². The normalized spacial score (nSPS) is 28.1. The van der Waals surface area contributed by atoms with Gasteiger partial charge in [0.15, 0.2) is 0 Å². The van der Waals surface area contributed by atoms with Gasteiger partial charge in [0.05, 0.1) is 0 Å². The third-order valence-electron chi connectivity index (χ3n) is 2.79. The molecule has 1 atom stereocenters. The van der Waals surface area contributed by atoms with E-state index in [1.54, 1.807) is 0 Å². The summed E-state index contributed by atoms with van der Waals surface area (Å²) in [5.74, 6) is 4.69. The van der Waals surface area contributed by atoms with Gasteiger partial charge in [-0.2, -0.15) is 11.8 Å². The van der Waals surface area contributed by atoms with E-state index >= 15 is 0 Å². The van der Waals surface area contributed by atoms with Gasteiger partial charge in [0.25, 0.3) is 0 Å². The summed E-state index contributed by atoms with van der Waals surface area (Å²) in [6, 6.07) is 0.848. The Labute approximate surface area is 73.3 Å². The van der Waals surface area contributed by atoms with E-state index in [2.05, 4.69) is 24.0 Å². The van der Waals surface area contributed by atoms with Crippen molar-refractivity contribution in [1.82, 2.24) is 5.32 Å². The van der Waals surface area contributed by atoms with Crippen molar-refractivity contribution in [1.29, 1.82) is 0 Å². The van der Waals surface area contributed by atoms with Gasteiger partial charge in [-0.3, -0.25) is 0 Å². The van der Waals surface area contributed by atoms with Crippen molar-refractivity contribution >= 4 is 11.8 Å². The lowest BCUT2D eigenvalue weighted by Crippen LogP contribution is -2.42. The van der Waals surface area contributed by atoms with Gasteiger partial charge >= 0.3 is 0 Å². The van der Waals surface area contributed by atoms with E-state index in [-0.39, 0.29) is 0 Å². The van der Waals surface area contributed by atoms with Crippen LogP contribution in [-0.2, 0) is 0 Å². The maximum atomic E-state index is 3.62. The summed E-state index contributed by atoms with van der Waals surface area (Å²) in [4.78, 5) is 0. The lowest BCUT2D eigenvalue weighted by molar-refractivity contribution is 0.436. The van der Waals surface area contributed by atoms with Crippen molar-refractivity contribution in [3.05, 3.63) is 0 Å². The van der Waals surface area contributed by atoms with Crippen LogP contribution in [0.15, 0.2) is 0 Å². The van der Waals surface area contributed by atoms with Crippen LogP contribution in [0.2, 0.25) is 0 Å². The first-order valence-corrected chi connectivity index (χ1v) is 5.83. The molecule has 1 heterocycles. The molecule has 0 amide bonds. The predicted molar refractivity (Wildman–Crippen MR) is 51.0 cm³/mol. The van der Waals surface area contributed by atoms with E-state index in [9.17, 15) is 0 Å². The zero-order chi connectivity index (χ0) is 7.68. The number of rotatable bonds is 4. The van der Waals surface area contributed by atoms with E-state index in [1.807, 2.05) is 0 Å². The lowest BCUT2D eigenvalue weighted by Gasteiger charge is -2.27. The van der Waals surface area contributed by atoms with Gasteiger partial charge in [-0.1, -0.05) is 6.92 Å². The minimum absolute atomic E-state index is 0.848. The SMILES string of the molecule is CC(CNC1CSC1)C1CC1. The molecule has 1 nitrogen and oxygen atoms in total. The van der Waals surface area contributed by atoms with Crippen molar-refractivity contribution in [2.75, 3.05) is 18.1 Å². The van der Waals surface area contributed by atoms with E-state index in [4.69, 9.17) is 0 Å². The summed E-state index contributed by atoms with van der Waals surface area (Å²) in [5.41, 5.74) is 0. The largest absolute Gasteiger partial charge is 0.312 e. The Balaban J connectivity index is 1.57. The monoisotopic (exact) mass is 171 g/mol. The smallest absolute Gasteiger partial charge is 0.0248 e. The van der Waals surface area contributed by atoms with Gasteiger partial charge in [0.2, 0.25) is 0 Å². The molecule has 0 aromatic carbocycles. The van der Waals surface area contributed by atoms with Crippen LogP contribution in [0.4, 0.5) is 0 Å². The molecule has 0 spiro atoms. The second-order valence-electron chi connectivity index (χ2n) is 3.96. The van der Waals surface area contributed by atoms with E-state index in [0.717, 1.165) is 17.9 Å². The van der Waals surface area contributed by atoms with Crippen molar-refractivity contribution < 1.29 is 0 Å². The molecule has 0 aromatic rings. The van der Waals surface area contributed by atoms with Crippen LogP contribution in [-0.4, -0.2) is 24.1 Å². The molecule has 1 unspecified atom stereocenters. The summed E-state index contributed by atoms with van der Waals surface area (Å²) in [7, 11) is 0. The van der Waals surface area contributed by atoms with Gasteiger partial charge < -0.3 is 5.32 Å². The minimum Gasteiger partial charge on any atom is -0.312 e. The maximum Gasteiger partial charge on any atom is 0.0248 e. The molecule has 2 fully saturated rings. The molecule has 1 aliphatic carbocycles. The van der Waals surface area contributed by atoms with Crippen LogP contribution < -0.4 is 5.32 Å². The highest BCUT2D eigenvalue weighted by atomic mass is 32.2. The van der Waals surface area contributed by atoms with Crippen LogP contribution in [0, 0.1) is 11.8 Å².